The van der Waals surface area contributed by atoms with E-state index in [0.29, 0.717) is 16.4 Å². The Morgan fingerprint density at radius 2 is 1.93 bits per heavy atom. The maximum atomic E-state index is 12.4. The zero-order chi connectivity index (χ0) is 19.0. The summed E-state index contributed by atoms with van der Waals surface area (Å²) in [6, 6.07) is 11.3. The van der Waals surface area contributed by atoms with Gasteiger partial charge in [0.2, 0.25) is 5.16 Å². The average molecular weight is 378 g/mol. The molecule has 4 rings (SSSR count). The number of aryl methyl sites for hydroxylation is 2. The summed E-state index contributed by atoms with van der Waals surface area (Å²) in [5.41, 5.74) is 5.42. The monoisotopic (exact) mass is 378 g/mol. The molecular weight excluding hydrogens is 360 g/mol. The van der Waals surface area contributed by atoms with E-state index in [9.17, 15) is 4.79 Å². The van der Waals surface area contributed by atoms with Gasteiger partial charge in [-0.15, -0.1) is 10.2 Å². The number of hydrogen-bond donors (Lipinski definition) is 1. The quantitative estimate of drug-likeness (QED) is 0.416. The molecule has 0 aliphatic carbocycles. The van der Waals surface area contributed by atoms with Crippen molar-refractivity contribution in [3.05, 3.63) is 53.1 Å². The van der Waals surface area contributed by atoms with Crippen molar-refractivity contribution in [2.75, 3.05) is 12.9 Å². The minimum atomic E-state index is 0.00876. The molecule has 2 aromatic heterocycles. The zero-order valence-electron chi connectivity index (χ0n) is 15.2. The summed E-state index contributed by atoms with van der Waals surface area (Å²) in [6.07, 6.45) is 0. The molecule has 0 unspecified atom stereocenters. The van der Waals surface area contributed by atoms with Crippen LogP contribution in [0.25, 0.3) is 22.1 Å². The highest BCUT2D eigenvalue weighted by Gasteiger charge is 2.13. The third kappa shape index (κ3) is 3.38. The molecule has 6 nitrogen and oxygen atoms in total. The number of aromatic amines is 1. The van der Waals surface area contributed by atoms with E-state index >= 15 is 0 Å². The summed E-state index contributed by atoms with van der Waals surface area (Å²) in [5.74, 6) is 0.980. The van der Waals surface area contributed by atoms with Crippen molar-refractivity contribution >= 4 is 39.6 Å². The predicted octanol–water partition coefficient (Wildman–Crippen LogP) is 4.11. The molecule has 136 valence electrons. The molecule has 0 saturated carbocycles. The second-order valence-electron chi connectivity index (χ2n) is 6.36. The zero-order valence-corrected chi connectivity index (χ0v) is 16.1. The van der Waals surface area contributed by atoms with E-state index in [0.717, 1.165) is 27.7 Å². The Morgan fingerprint density at radius 3 is 2.67 bits per heavy atom. The number of aromatic nitrogens is 4. The lowest BCUT2D eigenvalue weighted by Crippen LogP contribution is -2.03. The summed E-state index contributed by atoms with van der Waals surface area (Å²) in [6.45, 7) is 4.11. The highest BCUT2D eigenvalue weighted by molar-refractivity contribution is 7.99. The topological polar surface area (TPSA) is 80.8 Å². The molecule has 0 saturated heterocycles. The van der Waals surface area contributed by atoms with Gasteiger partial charge in [0.1, 0.15) is 11.3 Å². The number of H-pyrrole nitrogens is 1. The van der Waals surface area contributed by atoms with Gasteiger partial charge in [-0.25, -0.2) is 4.98 Å². The van der Waals surface area contributed by atoms with Crippen molar-refractivity contribution in [2.45, 2.75) is 19.0 Å². The maximum Gasteiger partial charge on any atom is 0.211 e. The molecule has 0 spiro atoms. The molecule has 27 heavy (non-hydrogen) atoms. The van der Waals surface area contributed by atoms with Crippen LogP contribution < -0.4 is 4.74 Å². The van der Waals surface area contributed by atoms with E-state index in [4.69, 9.17) is 4.74 Å². The smallest absolute Gasteiger partial charge is 0.211 e. The number of carbonyl (C=O) groups is 1. The number of benzene rings is 2. The summed E-state index contributed by atoms with van der Waals surface area (Å²) < 4.78 is 5.11. The maximum absolute atomic E-state index is 12.4. The number of methoxy groups -OCH3 is 1. The summed E-state index contributed by atoms with van der Waals surface area (Å²) >= 11 is 1.28. The van der Waals surface area contributed by atoms with Crippen molar-refractivity contribution < 1.29 is 9.53 Å². The lowest BCUT2D eigenvalue weighted by Gasteiger charge is -2.02. The number of nitrogens with zero attached hydrogens (tertiary/aromatic N) is 3. The van der Waals surface area contributed by atoms with Crippen LogP contribution in [0.1, 0.15) is 21.5 Å². The fraction of sp³-hybridized carbons (Fsp3) is 0.200. The van der Waals surface area contributed by atoms with Gasteiger partial charge in [-0.2, -0.15) is 0 Å². The molecule has 0 bridgehead atoms. The number of rotatable bonds is 5. The molecule has 0 atom stereocenters. The summed E-state index contributed by atoms with van der Waals surface area (Å²) in [5, 5.41) is 10.0. The fourth-order valence-electron chi connectivity index (χ4n) is 3.07. The Morgan fingerprint density at radius 1 is 1.15 bits per heavy atom. The van der Waals surface area contributed by atoms with E-state index in [1.165, 1.54) is 17.3 Å². The Labute approximate surface area is 160 Å². The number of nitrogens with one attached hydrogen (secondary N) is 1. The van der Waals surface area contributed by atoms with Gasteiger partial charge in [-0.1, -0.05) is 23.4 Å². The molecule has 1 N–H and O–H groups in total. The second-order valence-corrected chi connectivity index (χ2v) is 7.30. The third-order valence-electron chi connectivity index (χ3n) is 4.39. The van der Waals surface area contributed by atoms with Gasteiger partial charge < -0.3 is 9.72 Å². The van der Waals surface area contributed by atoms with Crippen molar-refractivity contribution in [2.24, 2.45) is 0 Å². The minimum absolute atomic E-state index is 0.00876. The number of ether oxygens (including phenoxy) is 1. The first-order chi connectivity index (χ1) is 13.0. The van der Waals surface area contributed by atoms with Gasteiger partial charge in [0.15, 0.2) is 11.4 Å². The second kappa shape index (κ2) is 7.00. The number of thioether (sulfide) groups is 1. The SMILES string of the molecule is COc1ccc(C(=O)CSc2nnc3c(n2)[nH]c2c(C)cc(C)cc23)cc1. The number of fused-ring (bicyclic) bond motifs is 3. The number of carbonyl (C=O) groups excluding carboxylic acids is 1. The first kappa shape index (κ1) is 17.5. The van der Waals surface area contributed by atoms with Crippen LogP contribution in [-0.2, 0) is 0 Å². The van der Waals surface area contributed by atoms with Gasteiger partial charge in [-0.3, -0.25) is 4.79 Å². The van der Waals surface area contributed by atoms with E-state index in [1.54, 1.807) is 31.4 Å². The predicted molar refractivity (Wildman–Crippen MR) is 107 cm³/mol. The molecule has 0 aliphatic rings. The molecule has 2 heterocycles. The Hall–Kier alpha value is -2.93. The summed E-state index contributed by atoms with van der Waals surface area (Å²) in [7, 11) is 1.60. The Balaban J connectivity index is 1.56. The van der Waals surface area contributed by atoms with E-state index in [2.05, 4.69) is 46.1 Å². The molecular formula is C20H18N4O2S. The van der Waals surface area contributed by atoms with E-state index in [-0.39, 0.29) is 11.5 Å². The third-order valence-corrected chi connectivity index (χ3v) is 5.23. The van der Waals surface area contributed by atoms with Crippen LogP contribution in [-0.4, -0.2) is 38.8 Å². The highest BCUT2D eigenvalue weighted by atomic mass is 32.2. The minimum Gasteiger partial charge on any atom is -0.497 e. The standard InChI is InChI=1S/C20H18N4O2S/c1-11-8-12(2)17-15(9-11)18-19(21-17)22-20(24-23-18)27-10-16(25)13-4-6-14(26-3)7-5-13/h4-9H,10H2,1-3H3,(H,21,22,24). The highest BCUT2D eigenvalue weighted by Crippen LogP contribution is 2.27. The van der Waals surface area contributed by atoms with Crippen molar-refractivity contribution in [1.29, 1.82) is 0 Å². The summed E-state index contributed by atoms with van der Waals surface area (Å²) in [4.78, 5) is 20.2. The van der Waals surface area contributed by atoms with Crippen LogP contribution in [0, 0.1) is 13.8 Å². The van der Waals surface area contributed by atoms with Gasteiger partial charge in [0, 0.05) is 10.9 Å². The van der Waals surface area contributed by atoms with Crippen LogP contribution in [0.5, 0.6) is 5.75 Å². The van der Waals surface area contributed by atoms with Gasteiger partial charge >= 0.3 is 0 Å². The van der Waals surface area contributed by atoms with Gasteiger partial charge in [-0.05, 0) is 49.7 Å². The molecule has 0 amide bonds. The van der Waals surface area contributed by atoms with Crippen LogP contribution in [0.2, 0.25) is 0 Å². The van der Waals surface area contributed by atoms with Crippen LogP contribution in [0.4, 0.5) is 0 Å². The first-order valence-corrected chi connectivity index (χ1v) is 9.47. The number of ketones is 1. The van der Waals surface area contributed by atoms with Gasteiger partial charge in [0.25, 0.3) is 0 Å². The molecule has 2 aromatic carbocycles. The van der Waals surface area contributed by atoms with Crippen molar-refractivity contribution in [3.8, 4) is 5.75 Å². The lowest BCUT2D eigenvalue weighted by molar-refractivity contribution is 0.102. The normalized spacial score (nSPS) is 11.2. The van der Waals surface area contributed by atoms with E-state index in [1.807, 2.05) is 0 Å². The van der Waals surface area contributed by atoms with E-state index < -0.39 is 0 Å². The van der Waals surface area contributed by atoms with Crippen LogP contribution in [0.15, 0.2) is 41.6 Å². The Bertz CT molecular complexity index is 1150. The first-order valence-electron chi connectivity index (χ1n) is 8.48. The largest absolute Gasteiger partial charge is 0.497 e. The van der Waals surface area contributed by atoms with Crippen molar-refractivity contribution in [3.63, 3.8) is 0 Å². The molecule has 7 heteroatoms. The molecule has 0 radical (unpaired) electrons. The van der Waals surface area contributed by atoms with Crippen molar-refractivity contribution in [1.82, 2.24) is 20.2 Å². The fourth-order valence-corrected chi connectivity index (χ4v) is 3.75. The Kier molecular flexibility index (Phi) is 4.53. The van der Waals surface area contributed by atoms with Gasteiger partial charge in [0.05, 0.1) is 18.4 Å². The molecule has 4 aromatic rings. The molecule has 0 fully saturated rings. The average Bonchev–Trinajstić information content (AvgIpc) is 3.04. The number of hydrogen-bond acceptors (Lipinski definition) is 6. The van der Waals surface area contributed by atoms with Crippen LogP contribution >= 0.6 is 11.8 Å². The van der Waals surface area contributed by atoms with Crippen LogP contribution in [0.3, 0.4) is 0 Å². The molecule has 0 aliphatic heterocycles. The lowest BCUT2D eigenvalue weighted by atomic mass is 10.1. The number of Topliss-reactive ketones (excluding diaryl/α,β-unsaturated/α-hetero) is 1.